The monoisotopic (exact) mass is 342 g/mol. The number of rotatable bonds is 5. The van der Waals surface area contributed by atoms with Crippen molar-refractivity contribution in [3.63, 3.8) is 0 Å². The SMILES string of the molecule is CC(C)(C)OC(=O)NC1(CNCc2ccc(Cl)cc2F)CCC1. The van der Waals surface area contributed by atoms with Gasteiger partial charge in [-0.15, -0.1) is 0 Å². The summed E-state index contributed by atoms with van der Waals surface area (Å²) in [4.78, 5) is 12.0. The molecule has 1 saturated carbocycles. The van der Waals surface area contributed by atoms with E-state index in [1.165, 1.54) is 6.07 Å². The molecule has 0 heterocycles. The minimum atomic E-state index is -0.519. The van der Waals surface area contributed by atoms with Crippen LogP contribution >= 0.6 is 11.6 Å². The summed E-state index contributed by atoms with van der Waals surface area (Å²) in [6, 6.07) is 4.63. The van der Waals surface area contributed by atoms with E-state index >= 15 is 0 Å². The van der Waals surface area contributed by atoms with Gasteiger partial charge in [0.1, 0.15) is 11.4 Å². The standard InChI is InChI=1S/C17H24ClFN2O2/c1-16(2,3)23-15(22)21-17(7-4-8-17)11-20-10-12-5-6-13(18)9-14(12)19/h5-6,9,20H,4,7-8,10-11H2,1-3H3,(H,21,22). The van der Waals surface area contributed by atoms with E-state index in [1.54, 1.807) is 12.1 Å². The predicted molar refractivity (Wildman–Crippen MR) is 89.1 cm³/mol. The van der Waals surface area contributed by atoms with Gasteiger partial charge in [0.15, 0.2) is 0 Å². The second-order valence-electron chi connectivity index (χ2n) is 7.10. The van der Waals surface area contributed by atoms with Gasteiger partial charge in [-0.25, -0.2) is 9.18 Å². The van der Waals surface area contributed by atoms with Gasteiger partial charge in [0.2, 0.25) is 0 Å². The number of amides is 1. The summed E-state index contributed by atoms with van der Waals surface area (Å²) in [6.45, 7) is 6.47. The largest absolute Gasteiger partial charge is 0.444 e. The van der Waals surface area contributed by atoms with Crippen molar-refractivity contribution in [2.45, 2.75) is 57.7 Å². The molecule has 1 amide bonds. The van der Waals surface area contributed by atoms with Gasteiger partial charge in [0.25, 0.3) is 0 Å². The molecule has 1 aliphatic carbocycles. The van der Waals surface area contributed by atoms with E-state index in [1.807, 2.05) is 20.8 Å². The number of nitrogens with one attached hydrogen (secondary N) is 2. The minimum Gasteiger partial charge on any atom is -0.444 e. The summed E-state index contributed by atoms with van der Waals surface area (Å²) in [6.07, 6.45) is 2.44. The molecule has 1 aromatic rings. The molecule has 1 aromatic carbocycles. The number of benzene rings is 1. The number of alkyl carbamates (subject to hydrolysis) is 1. The van der Waals surface area contributed by atoms with E-state index in [0.29, 0.717) is 23.7 Å². The van der Waals surface area contributed by atoms with Crippen LogP contribution in [0.1, 0.15) is 45.6 Å². The Labute approximate surface area is 141 Å². The lowest BCUT2D eigenvalue weighted by Crippen LogP contribution is -2.59. The van der Waals surface area contributed by atoms with Crippen molar-refractivity contribution in [1.29, 1.82) is 0 Å². The fourth-order valence-electron chi connectivity index (χ4n) is 2.57. The van der Waals surface area contributed by atoms with Gasteiger partial charge in [-0.1, -0.05) is 17.7 Å². The highest BCUT2D eigenvalue weighted by atomic mass is 35.5. The third-order valence-corrected chi connectivity index (χ3v) is 4.11. The van der Waals surface area contributed by atoms with Crippen LogP contribution in [0.2, 0.25) is 5.02 Å². The van der Waals surface area contributed by atoms with Crippen LogP contribution in [0.4, 0.5) is 9.18 Å². The van der Waals surface area contributed by atoms with Crippen molar-refractivity contribution in [3.8, 4) is 0 Å². The molecular weight excluding hydrogens is 319 g/mol. The van der Waals surface area contributed by atoms with Crippen molar-refractivity contribution >= 4 is 17.7 Å². The molecule has 0 radical (unpaired) electrons. The van der Waals surface area contributed by atoms with Crippen LogP contribution in [0.5, 0.6) is 0 Å². The lowest BCUT2D eigenvalue weighted by atomic mass is 9.76. The molecule has 4 nitrogen and oxygen atoms in total. The molecule has 0 unspecified atom stereocenters. The van der Waals surface area contributed by atoms with Crippen molar-refractivity contribution in [2.75, 3.05) is 6.54 Å². The van der Waals surface area contributed by atoms with E-state index in [2.05, 4.69) is 10.6 Å². The Morgan fingerprint density at radius 3 is 2.61 bits per heavy atom. The fraction of sp³-hybridized carbons (Fsp3) is 0.588. The maximum absolute atomic E-state index is 13.7. The third-order valence-electron chi connectivity index (χ3n) is 3.87. The van der Waals surface area contributed by atoms with Gasteiger partial charge in [-0.2, -0.15) is 0 Å². The molecule has 6 heteroatoms. The Kier molecular flexibility index (Phi) is 5.53. The van der Waals surface area contributed by atoms with Gasteiger partial charge in [-0.05, 0) is 52.2 Å². The van der Waals surface area contributed by atoms with Crippen LogP contribution in [0.15, 0.2) is 18.2 Å². The molecule has 23 heavy (non-hydrogen) atoms. The van der Waals surface area contributed by atoms with Crippen molar-refractivity contribution in [1.82, 2.24) is 10.6 Å². The second-order valence-corrected chi connectivity index (χ2v) is 7.54. The van der Waals surface area contributed by atoms with E-state index < -0.39 is 11.7 Å². The van der Waals surface area contributed by atoms with Crippen molar-refractivity contribution in [2.24, 2.45) is 0 Å². The average Bonchev–Trinajstić information content (AvgIpc) is 2.36. The predicted octanol–water partition coefficient (Wildman–Crippen LogP) is 4.02. The molecule has 1 fully saturated rings. The van der Waals surface area contributed by atoms with Gasteiger partial charge < -0.3 is 15.4 Å². The number of hydrogen-bond acceptors (Lipinski definition) is 3. The first-order valence-electron chi connectivity index (χ1n) is 7.85. The third kappa shape index (κ3) is 5.36. The molecule has 0 saturated heterocycles. The molecule has 0 atom stereocenters. The Morgan fingerprint density at radius 1 is 1.39 bits per heavy atom. The summed E-state index contributed by atoms with van der Waals surface area (Å²) in [5.74, 6) is -0.326. The number of hydrogen-bond donors (Lipinski definition) is 2. The zero-order valence-electron chi connectivity index (χ0n) is 13.8. The molecular formula is C17H24ClFN2O2. The molecule has 0 aromatic heterocycles. The van der Waals surface area contributed by atoms with Gasteiger partial charge in [0.05, 0.1) is 5.54 Å². The summed E-state index contributed by atoms with van der Waals surface area (Å²) < 4.78 is 19.1. The lowest BCUT2D eigenvalue weighted by Gasteiger charge is -2.42. The van der Waals surface area contributed by atoms with Crippen LogP contribution in [-0.4, -0.2) is 23.8 Å². The summed E-state index contributed by atoms with van der Waals surface area (Å²) in [5.41, 5.74) is -0.263. The quantitative estimate of drug-likeness (QED) is 0.849. The smallest absolute Gasteiger partial charge is 0.408 e. The van der Waals surface area contributed by atoms with Crippen LogP contribution in [0.25, 0.3) is 0 Å². The van der Waals surface area contributed by atoms with E-state index in [0.717, 1.165) is 19.3 Å². The van der Waals surface area contributed by atoms with Gasteiger partial charge >= 0.3 is 6.09 Å². The molecule has 0 bridgehead atoms. The molecule has 1 aliphatic rings. The summed E-state index contributed by atoms with van der Waals surface area (Å²) in [5, 5.41) is 6.56. The first-order chi connectivity index (χ1) is 10.7. The number of carbonyl (C=O) groups excluding carboxylic acids is 1. The van der Waals surface area contributed by atoms with Gasteiger partial charge in [-0.3, -0.25) is 0 Å². The van der Waals surface area contributed by atoms with Crippen molar-refractivity contribution in [3.05, 3.63) is 34.6 Å². The normalized spacial score (nSPS) is 16.6. The Hall–Kier alpha value is -1.33. The molecule has 0 spiro atoms. The molecule has 2 N–H and O–H groups in total. The highest BCUT2D eigenvalue weighted by Crippen LogP contribution is 2.31. The van der Waals surface area contributed by atoms with Gasteiger partial charge in [0, 0.05) is 23.7 Å². The Balaban J connectivity index is 1.86. The Bertz CT molecular complexity index is 568. The fourth-order valence-corrected chi connectivity index (χ4v) is 2.73. The number of halogens is 2. The average molecular weight is 343 g/mol. The maximum atomic E-state index is 13.7. The zero-order valence-corrected chi connectivity index (χ0v) is 14.6. The van der Waals surface area contributed by atoms with E-state index in [4.69, 9.17) is 16.3 Å². The first kappa shape index (κ1) is 18.0. The topological polar surface area (TPSA) is 50.4 Å². The molecule has 128 valence electrons. The van der Waals surface area contributed by atoms with E-state index in [-0.39, 0.29) is 11.4 Å². The zero-order chi connectivity index (χ0) is 17.1. The van der Waals surface area contributed by atoms with Crippen molar-refractivity contribution < 1.29 is 13.9 Å². The Morgan fingerprint density at radius 2 is 2.09 bits per heavy atom. The highest BCUT2D eigenvalue weighted by Gasteiger charge is 2.39. The molecule has 0 aliphatic heterocycles. The van der Waals surface area contributed by atoms with E-state index in [9.17, 15) is 9.18 Å². The number of carbonyl (C=O) groups is 1. The second kappa shape index (κ2) is 7.05. The van der Waals surface area contributed by atoms with Crippen LogP contribution in [0.3, 0.4) is 0 Å². The first-order valence-corrected chi connectivity index (χ1v) is 8.23. The van der Waals surface area contributed by atoms with Crippen LogP contribution in [0, 0.1) is 5.82 Å². The molecule has 2 rings (SSSR count). The summed E-state index contributed by atoms with van der Waals surface area (Å²) >= 11 is 5.74. The lowest BCUT2D eigenvalue weighted by molar-refractivity contribution is 0.0382. The highest BCUT2D eigenvalue weighted by molar-refractivity contribution is 6.30. The summed E-state index contributed by atoms with van der Waals surface area (Å²) in [7, 11) is 0. The maximum Gasteiger partial charge on any atom is 0.408 e. The number of ether oxygens (including phenoxy) is 1. The minimum absolute atomic E-state index is 0.300. The van der Waals surface area contributed by atoms with Crippen LogP contribution < -0.4 is 10.6 Å². The van der Waals surface area contributed by atoms with Crippen LogP contribution in [-0.2, 0) is 11.3 Å².